The number of piperidine rings is 1. The molecule has 3 unspecified atom stereocenters. The molecular formula is C20H29N5O3S. The molecule has 0 radical (unpaired) electrons. The Bertz CT molecular complexity index is 804. The van der Waals surface area contributed by atoms with Crippen molar-refractivity contribution >= 4 is 40.8 Å². The maximum Gasteiger partial charge on any atom is 0.408 e. The first-order valence-electron chi connectivity index (χ1n) is 9.53. The second kappa shape index (κ2) is 9.33. The number of nitrogens with one attached hydrogen (secondary N) is 1. The number of anilines is 1. The summed E-state index contributed by atoms with van der Waals surface area (Å²) in [7, 11) is 1.76. The number of pyridine rings is 1. The molecule has 9 heteroatoms. The van der Waals surface area contributed by atoms with E-state index in [-0.39, 0.29) is 23.9 Å². The second-order valence-corrected chi connectivity index (χ2v) is 8.51. The monoisotopic (exact) mass is 419 g/mol. The molecule has 3 atom stereocenters. The number of nitrogens with zero attached hydrogens (tertiary/aromatic N) is 4. The molecule has 2 amide bonds. The molecule has 0 spiro atoms. The number of isothiocyanates is 1. The quantitative estimate of drug-likeness (QED) is 0.596. The van der Waals surface area contributed by atoms with E-state index >= 15 is 0 Å². The number of thiocarbonyl (C=S) groups is 1. The molecule has 0 aromatic carbocycles. The van der Waals surface area contributed by atoms with Gasteiger partial charge >= 0.3 is 6.09 Å². The first-order chi connectivity index (χ1) is 13.5. The van der Waals surface area contributed by atoms with Crippen LogP contribution in [0, 0.1) is 5.92 Å². The van der Waals surface area contributed by atoms with Crippen molar-refractivity contribution in [3.05, 3.63) is 18.5 Å². The van der Waals surface area contributed by atoms with Crippen LogP contribution in [0.2, 0.25) is 0 Å². The zero-order valence-electron chi connectivity index (χ0n) is 17.8. The van der Waals surface area contributed by atoms with Crippen LogP contribution in [0.3, 0.4) is 0 Å². The molecule has 0 saturated carbocycles. The lowest BCUT2D eigenvalue weighted by Crippen LogP contribution is -2.64. The Hall–Kier alpha value is -2.51. The van der Waals surface area contributed by atoms with E-state index in [1.807, 2.05) is 26.8 Å². The fraction of sp³-hybridized carbons (Fsp3) is 0.600. The molecule has 2 rings (SSSR count). The highest BCUT2D eigenvalue weighted by Gasteiger charge is 2.40. The van der Waals surface area contributed by atoms with Crippen molar-refractivity contribution in [2.24, 2.45) is 10.9 Å². The number of aromatic nitrogens is 1. The summed E-state index contributed by atoms with van der Waals surface area (Å²) in [6.07, 6.45) is 2.81. The van der Waals surface area contributed by atoms with Gasteiger partial charge in [0.15, 0.2) is 0 Å². The van der Waals surface area contributed by atoms with Gasteiger partial charge in [-0.2, -0.15) is 4.99 Å². The van der Waals surface area contributed by atoms with Crippen molar-refractivity contribution in [1.82, 2.24) is 15.2 Å². The third-order valence-electron chi connectivity index (χ3n) is 4.85. The molecule has 1 saturated heterocycles. The summed E-state index contributed by atoms with van der Waals surface area (Å²) in [5, 5.41) is 5.35. The SMILES string of the molecule is CC(=O)N(C)C1C(C)CN(c2ccncc2N=C=S)CC1NC(=O)OC(C)(C)C. The third kappa shape index (κ3) is 5.98. The number of ether oxygens (including phenoxy) is 1. The van der Waals surface area contributed by atoms with Crippen LogP contribution in [0.1, 0.15) is 34.6 Å². The minimum absolute atomic E-state index is 0.0544. The molecule has 0 bridgehead atoms. The second-order valence-electron chi connectivity index (χ2n) is 8.32. The van der Waals surface area contributed by atoms with Gasteiger partial charge in [0.25, 0.3) is 0 Å². The summed E-state index contributed by atoms with van der Waals surface area (Å²) in [6, 6.07) is 1.35. The highest BCUT2D eigenvalue weighted by molar-refractivity contribution is 7.78. The van der Waals surface area contributed by atoms with Crippen LogP contribution in [0.15, 0.2) is 23.5 Å². The molecule has 1 aromatic heterocycles. The fourth-order valence-electron chi connectivity index (χ4n) is 3.70. The van der Waals surface area contributed by atoms with E-state index in [1.165, 1.54) is 6.92 Å². The summed E-state index contributed by atoms with van der Waals surface area (Å²) in [6.45, 7) is 10.2. The lowest BCUT2D eigenvalue weighted by molar-refractivity contribution is -0.131. The molecule has 29 heavy (non-hydrogen) atoms. The zero-order chi connectivity index (χ0) is 21.8. The summed E-state index contributed by atoms with van der Waals surface area (Å²) in [4.78, 5) is 36.6. The average Bonchev–Trinajstić information content (AvgIpc) is 2.60. The van der Waals surface area contributed by atoms with E-state index in [4.69, 9.17) is 17.0 Å². The van der Waals surface area contributed by atoms with Gasteiger partial charge in [0.1, 0.15) is 11.3 Å². The smallest absolute Gasteiger partial charge is 0.408 e. The first-order valence-corrected chi connectivity index (χ1v) is 9.94. The molecule has 2 heterocycles. The summed E-state index contributed by atoms with van der Waals surface area (Å²) in [5.74, 6) is 0.0243. The Morgan fingerprint density at radius 1 is 1.41 bits per heavy atom. The van der Waals surface area contributed by atoms with Crippen molar-refractivity contribution in [3.63, 3.8) is 0 Å². The molecule has 1 N–H and O–H groups in total. The topological polar surface area (TPSA) is 87.1 Å². The minimum atomic E-state index is -0.613. The number of rotatable bonds is 4. The Labute approximate surface area is 177 Å². The van der Waals surface area contributed by atoms with E-state index in [2.05, 4.69) is 32.3 Å². The van der Waals surface area contributed by atoms with Crippen molar-refractivity contribution in [2.45, 2.75) is 52.3 Å². The number of amides is 2. The van der Waals surface area contributed by atoms with Crippen LogP contribution in [0.5, 0.6) is 0 Å². The Kier molecular flexibility index (Phi) is 7.32. The summed E-state index contributed by atoms with van der Waals surface area (Å²) < 4.78 is 5.44. The Morgan fingerprint density at radius 2 is 2.10 bits per heavy atom. The van der Waals surface area contributed by atoms with Gasteiger partial charge in [0.2, 0.25) is 5.91 Å². The van der Waals surface area contributed by atoms with Crippen LogP contribution in [-0.4, -0.2) is 64.9 Å². The molecular weight excluding hydrogens is 390 g/mol. The average molecular weight is 420 g/mol. The number of hydrogen-bond acceptors (Lipinski definition) is 7. The van der Waals surface area contributed by atoms with Gasteiger partial charge in [0, 0.05) is 33.3 Å². The molecule has 1 aliphatic rings. The number of carbonyl (C=O) groups is 2. The van der Waals surface area contributed by atoms with E-state index in [0.29, 0.717) is 18.8 Å². The zero-order valence-corrected chi connectivity index (χ0v) is 18.6. The van der Waals surface area contributed by atoms with E-state index in [9.17, 15) is 9.59 Å². The predicted octanol–water partition coefficient (Wildman–Crippen LogP) is 3.01. The minimum Gasteiger partial charge on any atom is -0.444 e. The van der Waals surface area contributed by atoms with Crippen LogP contribution in [0.25, 0.3) is 0 Å². The molecule has 0 aliphatic carbocycles. The maximum atomic E-state index is 12.5. The van der Waals surface area contributed by atoms with Crippen LogP contribution in [-0.2, 0) is 9.53 Å². The predicted molar refractivity (Wildman–Crippen MR) is 116 cm³/mol. The van der Waals surface area contributed by atoms with Crippen molar-refractivity contribution in [2.75, 3.05) is 25.0 Å². The Morgan fingerprint density at radius 3 is 2.69 bits per heavy atom. The highest BCUT2D eigenvalue weighted by Crippen LogP contribution is 2.32. The molecule has 1 aromatic rings. The number of hydrogen-bond donors (Lipinski definition) is 1. The number of alkyl carbamates (subject to hydrolysis) is 1. The first kappa shape index (κ1) is 22.8. The third-order valence-corrected chi connectivity index (χ3v) is 4.94. The van der Waals surface area contributed by atoms with Gasteiger partial charge in [-0.25, -0.2) is 4.79 Å². The van der Waals surface area contributed by atoms with Crippen LogP contribution in [0.4, 0.5) is 16.2 Å². The highest BCUT2D eigenvalue weighted by atomic mass is 32.1. The summed E-state index contributed by atoms with van der Waals surface area (Å²) >= 11 is 4.75. The van der Waals surface area contributed by atoms with E-state index in [0.717, 1.165) is 5.69 Å². The van der Waals surface area contributed by atoms with Gasteiger partial charge in [-0.1, -0.05) is 6.92 Å². The molecule has 158 valence electrons. The van der Waals surface area contributed by atoms with E-state index in [1.54, 1.807) is 24.3 Å². The van der Waals surface area contributed by atoms with Gasteiger partial charge in [0.05, 0.1) is 29.1 Å². The van der Waals surface area contributed by atoms with Gasteiger partial charge in [-0.3, -0.25) is 9.78 Å². The van der Waals surface area contributed by atoms with Crippen molar-refractivity contribution < 1.29 is 14.3 Å². The lowest BCUT2D eigenvalue weighted by Gasteiger charge is -2.47. The standard InChI is InChI=1S/C20H29N5O3S/c1-13-10-25(17-7-8-21-9-15(17)22-12-29)11-16(18(13)24(6)14(2)26)23-19(27)28-20(3,4)5/h7-9,13,16,18H,10-11H2,1-6H3,(H,23,27). The number of carbonyl (C=O) groups excluding carboxylic acids is 2. The van der Waals surface area contributed by atoms with Crippen molar-refractivity contribution in [3.8, 4) is 0 Å². The molecule has 8 nitrogen and oxygen atoms in total. The number of likely N-dealkylation sites (N-methyl/N-ethyl adjacent to an activating group) is 1. The van der Waals surface area contributed by atoms with Gasteiger partial charge in [-0.15, -0.1) is 0 Å². The molecule has 1 aliphatic heterocycles. The Balaban J connectivity index is 2.34. The van der Waals surface area contributed by atoms with Crippen molar-refractivity contribution in [1.29, 1.82) is 0 Å². The molecule has 1 fully saturated rings. The van der Waals surface area contributed by atoms with Crippen LogP contribution >= 0.6 is 12.2 Å². The largest absolute Gasteiger partial charge is 0.444 e. The van der Waals surface area contributed by atoms with E-state index < -0.39 is 11.7 Å². The van der Waals surface area contributed by atoms with Gasteiger partial charge in [-0.05, 0) is 45.0 Å². The van der Waals surface area contributed by atoms with Crippen LogP contribution < -0.4 is 10.2 Å². The summed E-state index contributed by atoms with van der Waals surface area (Å²) in [5.41, 5.74) is 0.853. The number of aliphatic imine (C=N–C) groups is 1. The lowest BCUT2D eigenvalue weighted by atomic mass is 9.88. The maximum absolute atomic E-state index is 12.5. The normalized spacial score (nSPS) is 21.7. The van der Waals surface area contributed by atoms with Gasteiger partial charge < -0.3 is 19.9 Å². The fourth-order valence-corrected chi connectivity index (χ4v) is 3.80.